The monoisotopic (exact) mass is 404 g/mol. The molecule has 0 radical (unpaired) electrons. The van der Waals surface area contributed by atoms with E-state index in [2.05, 4.69) is 4.98 Å². The van der Waals surface area contributed by atoms with Crippen molar-refractivity contribution < 1.29 is 15.0 Å². The van der Waals surface area contributed by atoms with Crippen LogP contribution in [0.4, 0.5) is 0 Å². The maximum Gasteiger partial charge on any atom is 0.337 e. The molecule has 0 aliphatic heterocycles. The van der Waals surface area contributed by atoms with E-state index < -0.39 is 12.1 Å². The van der Waals surface area contributed by atoms with Crippen LogP contribution in [-0.4, -0.2) is 26.2 Å². The van der Waals surface area contributed by atoms with Gasteiger partial charge in [0.05, 0.1) is 11.2 Å². The fraction of sp³-hybridized carbons (Fsp3) is 0.0870. The van der Waals surface area contributed by atoms with Gasteiger partial charge in [-0.25, -0.2) is 9.78 Å². The number of rotatable bonds is 4. The molecule has 2 aromatic carbocycles. The molecule has 0 aliphatic rings. The summed E-state index contributed by atoms with van der Waals surface area (Å²) in [6.07, 6.45) is 1.79. The predicted octanol–water partition coefficient (Wildman–Crippen LogP) is 5.04. The van der Waals surface area contributed by atoms with Crippen molar-refractivity contribution in [2.75, 3.05) is 0 Å². The molecule has 0 aliphatic carbocycles. The second-order valence-corrected chi connectivity index (χ2v) is 7.17. The molecule has 2 aromatic heterocycles. The number of carboxylic acid groups (broad SMARTS) is 1. The van der Waals surface area contributed by atoms with Crippen molar-refractivity contribution in [1.82, 2.24) is 9.97 Å². The molecule has 0 saturated heterocycles. The third-order valence-electron chi connectivity index (χ3n) is 4.84. The maximum atomic E-state index is 11.6. The summed E-state index contributed by atoms with van der Waals surface area (Å²) < 4.78 is 0. The topological polar surface area (TPSA) is 83.3 Å². The molecule has 1 atom stereocenters. The van der Waals surface area contributed by atoms with Crippen molar-refractivity contribution in [1.29, 1.82) is 0 Å². The summed E-state index contributed by atoms with van der Waals surface area (Å²) in [5.41, 5.74) is 4.74. The molecule has 0 bridgehead atoms. The van der Waals surface area contributed by atoms with Crippen LogP contribution >= 0.6 is 11.6 Å². The number of aliphatic carboxylic acids is 1. The highest BCUT2D eigenvalue weighted by Gasteiger charge is 2.25. The predicted molar refractivity (Wildman–Crippen MR) is 113 cm³/mol. The zero-order valence-corrected chi connectivity index (χ0v) is 16.3. The molecule has 4 rings (SSSR count). The Morgan fingerprint density at radius 2 is 1.83 bits per heavy atom. The number of hydrogen-bond acceptors (Lipinski definition) is 4. The van der Waals surface area contributed by atoms with Crippen LogP contribution in [-0.2, 0) is 4.79 Å². The lowest BCUT2D eigenvalue weighted by molar-refractivity contribution is -0.146. The van der Waals surface area contributed by atoms with E-state index in [0.29, 0.717) is 27.2 Å². The summed E-state index contributed by atoms with van der Waals surface area (Å²) in [5.74, 6) is -1.30. The first-order valence-corrected chi connectivity index (χ1v) is 9.35. The Hall–Kier alpha value is -3.28. The second-order valence-electron chi connectivity index (χ2n) is 6.73. The quantitative estimate of drug-likeness (QED) is 0.497. The molecule has 2 heterocycles. The van der Waals surface area contributed by atoms with Gasteiger partial charge in [-0.15, -0.1) is 0 Å². The molecular formula is C23H17ClN2O3. The highest BCUT2D eigenvalue weighted by atomic mass is 35.5. The number of pyridine rings is 2. The zero-order valence-electron chi connectivity index (χ0n) is 15.5. The van der Waals surface area contributed by atoms with E-state index in [4.69, 9.17) is 16.6 Å². The molecule has 2 N–H and O–H groups in total. The molecule has 0 spiro atoms. The largest absolute Gasteiger partial charge is 0.479 e. The van der Waals surface area contributed by atoms with E-state index >= 15 is 0 Å². The lowest BCUT2D eigenvalue weighted by Gasteiger charge is -2.19. The van der Waals surface area contributed by atoms with Gasteiger partial charge in [-0.2, -0.15) is 0 Å². The third kappa shape index (κ3) is 3.58. The number of nitrogens with zero attached hydrogens (tertiary/aromatic N) is 2. The molecule has 6 heteroatoms. The molecule has 4 aromatic rings. The molecule has 144 valence electrons. The molecule has 29 heavy (non-hydrogen) atoms. The Balaban J connectivity index is 2.02. The molecule has 5 nitrogen and oxygen atoms in total. The van der Waals surface area contributed by atoms with Gasteiger partial charge in [0.1, 0.15) is 0 Å². The minimum atomic E-state index is -1.65. The number of aliphatic hydroxyl groups is 1. The molecule has 0 amide bonds. The molecule has 1 unspecified atom stereocenters. The first-order chi connectivity index (χ1) is 14.0. The smallest absolute Gasteiger partial charge is 0.337 e. The first-order valence-electron chi connectivity index (χ1n) is 8.97. The Bertz CT molecular complexity index is 1210. The van der Waals surface area contributed by atoms with E-state index in [0.717, 1.165) is 22.2 Å². The van der Waals surface area contributed by atoms with Crippen molar-refractivity contribution in [2.24, 2.45) is 0 Å². The number of halogens is 1. The van der Waals surface area contributed by atoms with Gasteiger partial charge in [-0.1, -0.05) is 29.8 Å². The summed E-state index contributed by atoms with van der Waals surface area (Å²) in [5, 5.41) is 21.2. The van der Waals surface area contributed by atoms with Gasteiger partial charge in [-0.3, -0.25) is 4.98 Å². The van der Waals surface area contributed by atoms with Gasteiger partial charge in [0.25, 0.3) is 0 Å². The summed E-state index contributed by atoms with van der Waals surface area (Å²) in [4.78, 5) is 20.5. The Morgan fingerprint density at radius 3 is 2.48 bits per heavy atom. The standard InChI is InChI=1S/C23H17ClN2O3/c1-13-11-19-17(8-9-18(26-19)15-3-2-10-25-12-15)21(20(13)22(27)23(28)29)14-4-6-16(24)7-5-14/h2-12,22,27H,1H3,(H,28,29). The minimum absolute atomic E-state index is 0.350. The lowest BCUT2D eigenvalue weighted by atomic mass is 9.88. The normalized spacial score (nSPS) is 12.1. The minimum Gasteiger partial charge on any atom is -0.479 e. The van der Waals surface area contributed by atoms with Gasteiger partial charge in [0, 0.05) is 33.9 Å². The van der Waals surface area contributed by atoms with E-state index in [-0.39, 0.29) is 0 Å². The van der Waals surface area contributed by atoms with E-state index in [1.54, 1.807) is 37.5 Å². The number of carboxylic acids is 1. The number of aliphatic hydroxyl groups excluding tert-OH is 1. The second kappa shape index (κ2) is 7.62. The van der Waals surface area contributed by atoms with Crippen LogP contribution in [0.1, 0.15) is 17.2 Å². The number of aryl methyl sites for hydroxylation is 1. The average molecular weight is 405 g/mol. The maximum absolute atomic E-state index is 11.6. The fourth-order valence-corrected chi connectivity index (χ4v) is 3.63. The van der Waals surface area contributed by atoms with Crippen molar-refractivity contribution in [3.63, 3.8) is 0 Å². The van der Waals surface area contributed by atoms with Crippen molar-refractivity contribution in [2.45, 2.75) is 13.0 Å². The van der Waals surface area contributed by atoms with Crippen LogP contribution in [0.2, 0.25) is 5.02 Å². The molecular weight excluding hydrogens is 388 g/mol. The number of carbonyl (C=O) groups is 1. The number of benzene rings is 2. The average Bonchev–Trinajstić information content (AvgIpc) is 2.73. The van der Waals surface area contributed by atoms with Crippen molar-refractivity contribution in [3.05, 3.63) is 83.1 Å². The Labute approximate surface area is 172 Å². The van der Waals surface area contributed by atoms with Crippen molar-refractivity contribution in [3.8, 4) is 22.4 Å². The summed E-state index contributed by atoms with van der Waals surface area (Å²) in [6, 6.07) is 16.4. The van der Waals surface area contributed by atoms with Crippen LogP contribution in [0.5, 0.6) is 0 Å². The Morgan fingerprint density at radius 1 is 1.07 bits per heavy atom. The third-order valence-corrected chi connectivity index (χ3v) is 5.09. The SMILES string of the molecule is Cc1cc2nc(-c3cccnc3)ccc2c(-c2ccc(Cl)cc2)c1C(O)C(=O)O. The zero-order chi connectivity index (χ0) is 20.5. The van der Waals surface area contributed by atoms with Gasteiger partial charge in [0.15, 0.2) is 6.10 Å². The summed E-state index contributed by atoms with van der Waals surface area (Å²) >= 11 is 6.03. The number of hydrogen-bond donors (Lipinski definition) is 2. The van der Waals surface area contributed by atoms with Crippen LogP contribution in [0.25, 0.3) is 33.3 Å². The number of aromatic nitrogens is 2. The van der Waals surface area contributed by atoms with Crippen LogP contribution < -0.4 is 0 Å². The molecule has 0 fully saturated rings. The fourth-order valence-electron chi connectivity index (χ4n) is 3.50. The van der Waals surface area contributed by atoms with Crippen LogP contribution in [0, 0.1) is 6.92 Å². The van der Waals surface area contributed by atoms with Gasteiger partial charge in [0.2, 0.25) is 0 Å². The van der Waals surface area contributed by atoms with E-state index in [9.17, 15) is 15.0 Å². The lowest BCUT2D eigenvalue weighted by Crippen LogP contribution is -2.13. The van der Waals surface area contributed by atoms with E-state index in [1.165, 1.54) is 0 Å². The highest BCUT2D eigenvalue weighted by molar-refractivity contribution is 6.30. The van der Waals surface area contributed by atoms with Crippen LogP contribution in [0.15, 0.2) is 67.0 Å². The number of fused-ring (bicyclic) bond motifs is 1. The summed E-state index contributed by atoms with van der Waals surface area (Å²) in [7, 11) is 0. The van der Waals surface area contributed by atoms with E-state index in [1.807, 2.05) is 36.4 Å². The Kier molecular flexibility index (Phi) is 5.01. The highest BCUT2D eigenvalue weighted by Crippen LogP contribution is 2.38. The van der Waals surface area contributed by atoms with Gasteiger partial charge in [-0.05, 0) is 60.0 Å². The van der Waals surface area contributed by atoms with Gasteiger partial charge >= 0.3 is 5.97 Å². The van der Waals surface area contributed by atoms with Crippen LogP contribution in [0.3, 0.4) is 0 Å². The van der Waals surface area contributed by atoms with Gasteiger partial charge < -0.3 is 10.2 Å². The molecule has 0 saturated carbocycles. The summed E-state index contributed by atoms with van der Waals surface area (Å²) in [6.45, 7) is 1.78. The first kappa shape index (κ1) is 19.1. The van der Waals surface area contributed by atoms with Crippen molar-refractivity contribution >= 4 is 28.5 Å².